The van der Waals surface area contributed by atoms with Gasteiger partial charge >= 0.3 is 0 Å². The molecule has 1 atom stereocenters. The predicted molar refractivity (Wildman–Crippen MR) is 80.8 cm³/mol. The van der Waals surface area contributed by atoms with Crippen LogP contribution in [0.2, 0.25) is 0 Å². The Bertz CT molecular complexity index is 464. The van der Waals surface area contributed by atoms with Gasteiger partial charge in [-0.25, -0.2) is 0 Å². The maximum Gasteiger partial charge on any atom is 0.225 e. The zero-order chi connectivity index (χ0) is 14.4. The van der Waals surface area contributed by atoms with Crippen LogP contribution >= 0.6 is 0 Å². The smallest absolute Gasteiger partial charge is 0.225 e. The number of amides is 1. The summed E-state index contributed by atoms with van der Waals surface area (Å²) in [5, 5.41) is 0. The van der Waals surface area contributed by atoms with Gasteiger partial charge in [0, 0.05) is 13.0 Å². The molecule has 2 rings (SSSR count). The van der Waals surface area contributed by atoms with Gasteiger partial charge in [0.1, 0.15) is 12.4 Å². The summed E-state index contributed by atoms with van der Waals surface area (Å²) in [7, 11) is 1.86. The van der Waals surface area contributed by atoms with Crippen LogP contribution in [0.25, 0.3) is 0 Å². The van der Waals surface area contributed by atoms with E-state index in [0.717, 1.165) is 25.0 Å². The van der Waals surface area contributed by atoms with Crippen molar-refractivity contribution >= 4 is 5.91 Å². The highest BCUT2D eigenvalue weighted by Gasteiger charge is 2.21. The van der Waals surface area contributed by atoms with E-state index in [1.165, 1.54) is 5.56 Å². The lowest BCUT2D eigenvalue weighted by Gasteiger charge is -2.24. The van der Waals surface area contributed by atoms with Gasteiger partial charge < -0.3 is 9.64 Å². The van der Waals surface area contributed by atoms with Gasteiger partial charge in [0.25, 0.3) is 0 Å². The second-order valence-electron chi connectivity index (χ2n) is 5.40. The molecule has 0 fully saturated rings. The van der Waals surface area contributed by atoms with Crippen LogP contribution in [0.15, 0.2) is 36.4 Å². The number of carbonyl (C=O) groups is 1. The Balaban J connectivity index is 1.74. The Morgan fingerprint density at radius 2 is 2.05 bits per heavy atom. The van der Waals surface area contributed by atoms with E-state index in [1.54, 1.807) is 4.90 Å². The van der Waals surface area contributed by atoms with Crippen LogP contribution in [0, 0.1) is 12.8 Å². The fourth-order valence-electron chi connectivity index (χ4n) is 2.37. The molecule has 108 valence electrons. The van der Waals surface area contributed by atoms with E-state index in [4.69, 9.17) is 4.74 Å². The van der Waals surface area contributed by atoms with Crippen molar-refractivity contribution in [3.05, 3.63) is 42.0 Å². The molecular formula is C17H23NO2. The second kappa shape index (κ2) is 7.13. The molecule has 0 aliphatic heterocycles. The molecule has 1 aromatic rings. The van der Waals surface area contributed by atoms with Gasteiger partial charge in [-0.05, 0) is 38.3 Å². The third-order valence-electron chi connectivity index (χ3n) is 3.71. The summed E-state index contributed by atoms with van der Waals surface area (Å²) in [4.78, 5) is 14.0. The molecule has 1 aliphatic carbocycles. The molecule has 0 saturated carbocycles. The first-order valence-corrected chi connectivity index (χ1v) is 7.26. The Morgan fingerprint density at radius 3 is 2.70 bits per heavy atom. The Labute approximate surface area is 121 Å². The van der Waals surface area contributed by atoms with Gasteiger partial charge in [0.05, 0.1) is 6.54 Å². The third-order valence-corrected chi connectivity index (χ3v) is 3.71. The molecule has 0 saturated heterocycles. The van der Waals surface area contributed by atoms with Crippen LogP contribution in [0.1, 0.15) is 24.8 Å². The number of allylic oxidation sites excluding steroid dienone is 2. The fourth-order valence-corrected chi connectivity index (χ4v) is 2.37. The molecule has 0 bridgehead atoms. The molecule has 0 radical (unpaired) electrons. The van der Waals surface area contributed by atoms with Crippen molar-refractivity contribution in [3.8, 4) is 5.75 Å². The second-order valence-corrected chi connectivity index (χ2v) is 5.40. The number of benzene rings is 1. The summed E-state index contributed by atoms with van der Waals surface area (Å²) in [5.74, 6) is 1.25. The van der Waals surface area contributed by atoms with E-state index in [1.807, 2.05) is 31.3 Å². The van der Waals surface area contributed by atoms with Crippen molar-refractivity contribution in [1.29, 1.82) is 0 Å². The van der Waals surface area contributed by atoms with E-state index < -0.39 is 0 Å². The van der Waals surface area contributed by atoms with Crippen molar-refractivity contribution < 1.29 is 9.53 Å². The normalized spacial score (nSPS) is 17.8. The predicted octanol–water partition coefficient (Wildman–Crippen LogP) is 3.19. The van der Waals surface area contributed by atoms with Gasteiger partial charge in [-0.2, -0.15) is 0 Å². The highest BCUT2D eigenvalue weighted by molar-refractivity contribution is 5.78. The third kappa shape index (κ3) is 4.12. The molecule has 0 heterocycles. The van der Waals surface area contributed by atoms with Crippen LogP contribution in [-0.4, -0.2) is 31.0 Å². The van der Waals surface area contributed by atoms with Gasteiger partial charge in [-0.3, -0.25) is 4.79 Å². The minimum atomic E-state index is 0.157. The SMILES string of the molecule is Cc1ccc(OCCN(C)C(=O)[C@@H]2CC=CCC2)cc1. The average Bonchev–Trinajstić information content (AvgIpc) is 2.49. The molecule has 3 nitrogen and oxygen atoms in total. The molecular weight excluding hydrogens is 250 g/mol. The van der Waals surface area contributed by atoms with E-state index in [-0.39, 0.29) is 11.8 Å². The monoisotopic (exact) mass is 273 g/mol. The highest BCUT2D eigenvalue weighted by Crippen LogP contribution is 2.20. The number of hydrogen-bond donors (Lipinski definition) is 0. The minimum absolute atomic E-state index is 0.157. The first-order chi connectivity index (χ1) is 9.66. The summed E-state index contributed by atoms with van der Waals surface area (Å²) < 4.78 is 5.66. The lowest BCUT2D eigenvalue weighted by molar-refractivity contribution is -0.134. The minimum Gasteiger partial charge on any atom is -0.492 e. The molecule has 0 unspecified atom stereocenters. The number of aryl methyl sites for hydroxylation is 1. The van der Waals surface area contributed by atoms with Crippen LogP contribution in [0.3, 0.4) is 0 Å². The molecule has 0 N–H and O–H groups in total. The molecule has 1 amide bonds. The summed E-state index contributed by atoms with van der Waals surface area (Å²) in [6, 6.07) is 7.98. The van der Waals surface area contributed by atoms with Crippen molar-refractivity contribution in [2.75, 3.05) is 20.2 Å². The summed E-state index contributed by atoms with van der Waals surface area (Å²) in [6.07, 6.45) is 7.14. The molecule has 0 aromatic heterocycles. The van der Waals surface area contributed by atoms with Gasteiger partial charge in [0.15, 0.2) is 0 Å². The Morgan fingerprint density at radius 1 is 1.30 bits per heavy atom. The molecule has 20 heavy (non-hydrogen) atoms. The number of ether oxygens (including phenoxy) is 1. The fraction of sp³-hybridized carbons (Fsp3) is 0.471. The largest absolute Gasteiger partial charge is 0.492 e. The maximum atomic E-state index is 12.2. The van der Waals surface area contributed by atoms with Crippen LogP contribution in [0.4, 0.5) is 0 Å². The first-order valence-electron chi connectivity index (χ1n) is 7.26. The van der Waals surface area contributed by atoms with Crippen LogP contribution in [-0.2, 0) is 4.79 Å². The zero-order valence-corrected chi connectivity index (χ0v) is 12.3. The van der Waals surface area contributed by atoms with Gasteiger partial charge in [0.2, 0.25) is 5.91 Å². The Hall–Kier alpha value is -1.77. The number of likely N-dealkylation sites (N-methyl/N-ethyl adjacent to an activating group) is 1. The highest BCUT2D eigenvalue weighted by atomic mass is 16.5. The van der Waals surface area contributed by atoms with E-state index >= 15 is 0 Å². The number of nitrogens with zero attached hydrogens (tertiary/aromatic N) is 1. The molecule has 1 aromatic carbocycles. The molecule has 0 spiro atoms. The lowest BCUT2D eigenvalue weighted by Crippen LogP contribution is -2.36. The average molecular weight is 273 g/mol. The maximum absolute atomic E-state index is 12.2. The Kier molecular flexibility index (Phi) is 5.22. The zero-order valence-electron chi connectivity index (χ0n) is 12.3. The quantitative estimate of drug-likeness (QED) is 0.771. The summed E-state index contributed by atoms with van der Waals surface area (Å²) >= 11 is 0. The summed E-state index contributed by atoms with van der Waals surface area (Å²) in [6.45, 7) is 3.22. The number of hydrogen-bond acceptors (Lipinski definition) is 2. The summed E-state index contributed by atoms with van der Waals surface area (Å²) in [5.41, 5.74) is 1.22. The van der Waals surface area contributed by atoms with Crippen molar-refractivity contribution in [2.45, 2.75) is 26.2 Å². The lowest BCUT2D eigenvalue weighted by atomic mass is 9.93. The molecule has 3 heteroatoms. The standard InChI is InChI=1S/C17H23NO2/c1-14-8-10-16(11-9-14)20-13-12-18(2)17(19)15-6-4-3-5-7-15/h3-4,8-11,15H,5-7,12-13H2,1-2H3/t15-/m1/s1. The van der Waals surface area contributed by atoms with Crippen molar-refractivity contribution in [1.82, 2.24) is 4.90 Å². The van der Waals surface area contributed by atoms with Gasteiger partial charge in [-0.1, -0.05) is 29.8 Å². The van der Waals surface area contributed by atoms with E-state index in [2.05, 4.69) is 19.1 Å². The number of carbonyl (C=O) groups excluding carboxylic acids is 1. The number of rotatable bonds is 5. The van der Waals surface area contributed by atoms with E-state index in [9.17, 15) is 4.79 Å². The van der Waals surface area contributed by atoms with Gasteiger partial charge in [-0.15, -0.1) is 0 Å². The first kappa shape index (κ1) is 14.6. The topological polar surface area (TPSA) is 29.5 Å². The van der Waals surface area contributed by atoms with Crippen molar-refractivity contribution in [2.24, 2.45) is 5.92 Å². The van der Waals surface area contributed by atoms with Crippen LogP contribution in [0.5, 0.6) is 5.75 Å². The van der Waals surface area contributed by atoms with E-state index in [0.29, 0.717) is 13.2 Å². The van der Waals surface area contributed by atoms with Crippen molar-refractivity contribution in [3.63, 3.8) is 0 Å². The molecule has 1 aliphatic rings. The van der Waals surface area contributed by atoms with Crippen LogP contribution < -0.4 is 4.74 Å².